The van der Waals surface area contributed by atoms with Crippen LogP contribution in [-0.4, -0.2) is 30.2 Å². The minimum Gasteiger partial charge on any atom is -0.367 e. The Bertz CT molecular complexity index is 808. The van der Waals surface area contributed by atoms with E-state index in [1.165, 1.54) is 0 Å². The third-order valence-corrected chi connectivity index (χ3v) is 5.59. The van der Waals surface area contributed by atoms with Crippen LogP contribution in [0.15, 0.2) is 54.6 Å². The van der Waals surface area contributed by atoms with Gasteiger partial charge in [-0.3, -0.25) is 9.59 Å². The molecule has 1 aliphatic rings. The number of carbonyl (C=O) groups is 2. The molecule has 1 aliphatic carbocycles. The van der Waals surface area contributed by atoms with Crippen LogP contribution in [0.1, 0.15) is 36.8 Å². The summed E-state index contributed by atoms with van der Waals surface area (Å²) in [5.74, 6) is -0.179. The van der Waals surface area contributed by atoms with E-state index in [2.05, 4.69) is 0 Å². The Morgan fingerprint density at radius 2 is 1.81 bits per heavy atom. The van der Waals surface area contributed by atoms with Gasteiger partial charge in [-0.2, -0.15) is 0 Å². The molecule has 5 heteroatoms. The van der Waals surface area contributed by atoms with Crippen molar-refractivity contribution in [2.24, 2.45) is 0 Å². The molecule has 1 amide bonds. The summed E-state index contributed by atoms with van der Waals surface area (Å²) >= 11 is 6.42. The summed E-state index contributed by atoms with van der Waals surface area (Å²) in [6, 6.07) is 17.0. The van der Waals surface area contributed by atoms with Crippen molar-refractivity contribution in [1.82, 2.24) is 4.90 Å². The van der Waals surface area contributed by atoms with Crippen molar-refractivity contribution < 1.29 is 14.3 Å². The zero-order chi connectivity index (χ0) is 19.3. The van der Waals surface area contributed by atoms with Gasteiger partial charge in [-0.15, -0.1) is 0 Å². The Hall–Kier alpha value is -2.17. The number of ketones is 1. The number of carbonyl (C=O) groups excluding carboxylic acids is 2. The molecule has 0 heterocycles. The topological polar surface area (TPSA) is 46.6 Å². The van der Waals surface area contributed by atoms with Crippen molar-refractivity contribution in [3.05, 3.63) is 70.7 Å². The van der Waals surface area contributed by atoms with Gasteiger partial charge in [0.25, 0.3) is 0 Å². The first-order valence-electron chi connectivity index (χ1n) is 9.22. The van der Waals surface area contributed by atoms with Gasteiger partial charge in [0.1, 0.15) is 12.1 Å². The van der Waals surface area contributed by atoms with Crippen LogP contribution in [0.3, 0.4) is 0 Å². The van der Waals surface area contributed by atoms with E-state index < -0.39 is 5.54 Å². The summed E-state index contributed by atoms with van der Waals surface area (Å²) in [6.45, 7) is 0.276. The number of halogens is 1. The maximum Gasteiger partial charge on any atom is 0.249 e. The average Bonchev–Trinajstić information content (AvgIpc) is 2.69. The van der Waals surface area contributed by atoms with Gasteiger partial charge >= 0.3 is 0 Å². The number of hydrogen-bond donors (Lipinski definition) is 0. The van der Waals surface area contributed by atoms with E-state index in [0.717, 1.165) is 18.4 Å². The fraction of sp³-hybridized carbons (Fsp3) is 0.364. The normalized spacial score (nSPS) is 19.7. The summed E-state index contributed by atoms with van der Waals surface area (Å²) in [7, 11) is 1.68. The van der Waals surface area contributed by atoms with Crippen LogP contribution in [-0.2, 0) is 26.5 Å². The molecule has 0 saturated heterocycles. The third-order valence-electron chi connectivity index (χ3n) is 5.26. The monoisotopic (exact) mass is 385 g/mol. The van der Waals surface area contributed by atoms with E-state index in [9.17, 15) is 9.59 Å². The largest absolute Gasteiger partial charge is 0.367 e. The SMILES string of the molecule is CN(C(=O)COCc1ccccc1)C1(c2ccccc2Cl)CCCCC1=O. The summed E-state index contributed by atoms with van der Waals surface area (Å²) in [6.07, 6.45) is 2.75. The number of hydrogen-bond acceptors (Lipinski definition) is 3. The summed E-state index contributed by atoms with van der Waals surface area (Å²) < 4.78 is 5.60. The average molecular weight is 386 g/mol. The lowest BCUT2D eigenvalue weighted by molar-refractivity contribution is -0.151. The Morgan fingerprint density at radius 3 is 2.52 bits per heavy atom. The molecule has 2 aromatic rings. The molecule has 3 rings (SSSR count). The molecule has 0 bridgehead atoms. The van der Waals surface area contributed by atoms with Crippen LogP contribution in [0.5, 0.6) is 0 Å². The van der Waals surface area contributed by atoms with Gasteiger partial charge in [0.15, 0.2) is 5.78 Å². The maximum absolute atomic E-state index is 13.0. The summed E-state index contributed by atoms with van der Waals surface area (Å²) in [4.78, 5) is 27.4. The first-order chi connectivity index (χ1) is 13.1. The summed E-state index contributed by atoms with van der Waals surface area (Å²) in [5.41, 5.74) is 0.696. The van der Waals surface area contributed by atoms with E-state index in [4.69, 9.17) is 16.3 Å². The minimum absolute atomic E-state index is 0.0424. The van der Waals surface area contributed by atoms with Crippen LogP contribution >= 0.6 is 11.6 Å². The Balaban J connectivity index is 1.79. The Morgan fingerprint density at radius 1 is 1.11 bits per heavy atom. The molecule has 4 nitrogen and oxygen atoms in total. The minimum atomic E-state index is -1.01. The van der Waals surface area contributed by atoms with E-state index in [0.29, 0.717) is 30.0 Å². The van der Waals surface area contributed by atoms with E-state index in [1.807, 2.05) is 48.5 Å². The Kier molecular flexibility index (Phi) is 6.30. The lowest BCUT2D eigenvalue weighted by Crippen LogP contribution is -2.55. The first kappa shape index (κ1) is 19.6. The second-order valence-corrected chi connectivity index (χ2v) is 7.31. The number of ether oxygens (including phenoxy) is 1. The smallest absolute Gasteiger partial charge is 0.249 e. The quantitative estimate of drug-likeness (QED) is 0.742. The van der Waals surface area contributed by atoms with Crippen molar-refractivity contribution in [3.63, 3.8) is 0 Å². The zero-order valence-corrected chi connectivity index (χ0v) is 16.2. The van der Waals surface area contributed by atoms with Crippen molar-refractivity contribution in [2.75, 3.05) is 13.7 Å². The van der Waals surface area contributed by atoms with Crippen LogP contribution in [0.2, 0.25) is 5.02 Å². The van der Waals surface area contributed by atoms with E-state index >= 15 is 0 Å². The van der Waals surface area contributed by atoms with Crippen LogP contribution < -0.4 is 0 Å². The zero-order valence-electron chi connectivity index (χ0n) is 15.5. The molecule has 1 atom stereocenters. The van der Waals surface area contributed by atoms with E-state index in [-0.39, 0.29) is 18.3 Å². The van der Waals surface area contributed by atoms with Crippen molar-refractivity contribution in [2.45, 2.75) is 37.8 Å². The highest BCUT2D eigenvalue weighted by atomic mass is 35.5. The fourth-order valence-electron chi connectivity index (χ4n) is 3.77. The Labute approximate surface area is 165 Å². The molecule has 1 unspecified atom stereocenters. The van der Waals surface area contributed by atoms with Crippen molar-refractivity contribution in [3.8, 4) is 0 Å². The lowest BCUT2D eigenvalue weighted by Gasteiger charge is -2.44. The number of Topliss-reactive ketones (excluding diaryl/α,β-unsaturated/α-hetero) is 1. The predicted molar refractivity (Wildman–Crippen MR) is 105 cm³/mol. The second-order valence-electron chi connectivity index (χ2n) is 6.90. The number of amides is 1. The molecule has 142 valence electrons. The standard InChI is InChI=1S/C22H24ClNO3/c1-24(21(26)16-27-15-17-9-3-2-4-10-17)22(14-8-7-13-20(22)25)18-11-5-6-12-19(18)23/h2-6,9-12H,7-8,13-16H2,1H3. The highest BCUT2D eigenvalue weighted by Gasteiger charge is 2.47. The first-order valence-corrected chi connectivity index (χ1v) is 9.60. The van der Waals surface area contributed by atoms with Crippen LogP contribution in [0.4, 0.5) is 0 Å². The molecule has 0 spiro atoms. The molecule has 0 aromatic heterocycles. The maximum atomic E-state index is 13.0. The molecule has 0 N–H and O–H groups in total. The number of rotatable bonds is 6. The molecule has 2 aromatic carbocycles. The molecule has 1 fully saturated rings. The number of nitrogens with zero attached hydrogens (tertiary/aromatic N) is 1. The van der Waals surface area contributed by atoms with Gasteiger partial charge in [0, 0.05) is 24.1 Å². The molecular formula is C22H24ClNO3. The molecule has 1 saturated carbocycles. The second kappa shape index (κ2) is 8.68. The van der Waals surface area contributed by atoms with Crippen molar-refractivity contribution in [1.29, 1.82) is 0 Å². The molecule has 0 aliphatic heterocycles. The molecule has 27 heavy (non-hydrogen) atoms. The number of likely N-dealkylation sites (N-methyl/N-ethyl adjacent to an activating group) is 1. The van der Waals surface area contributed by atoms with Gasteiger partial charge < -0.3 is 9.64 Å². The van der Waals surface area contributed by atoms with Gasteiger partial charge in [-0.1, -0.05) is 60.1 Å². The predicted octanol–water partition coefficient (Wildman–Crippen LogP) is 4.35. The fourth-order valence-corrected chi connectivity index (χ4v) is 4.06. The van der Waals surface area contributed by atoms with Crippen molar-refractivity contribution >= 4 is 23.3 Å². The highest BCUT2D eigenvalue weighted by molar-refractivity contribution is 6.31. The number of benzene rings is 2. The van der Waals surface area contributed by atoms with Crippen LogP contribution in [0.25, 0.3) is 0 Å². The van der Waals surface area contributed by atoms with Gasteiger partial charge in [-0.05, 0) is 30.9 Å². The van der Waals surface area contributed by atoms with Crippen LogP contribution in [0, 0.1) is 0 Å². The highest BCUT2D eigenvalue weighted by Crippen LogP contribution is 2.42. The summed E-state index contributed by atoms with van der Waals surface area (Å²) in [5, 5.41) is 0.512. The third kappa shape index (κ3) is 4.07. The lowest BCUT2D eigenvalue weighted by atomic mass is 9.74. The van der Waals surface area contributed by atoms with Gasteiger partial charge in [0.05, 0.1) is 6.61 Å². The molecular weight excluding hydrogens is 362 g/mol. The van der Waals surface area contributed by atoms with Gasteiger partial charge in [-0.25, -0.2) is 0 Å². The van der Waals surface area contributed by atoms with E-state index in [1.54, 1.807) is 18.0 Å². The molecule has 0 radical (unpaired) electrons. The van der Waals surface area contributed by atoms with Gasteiger partial charge in [0.2, 0.25) is 5.91 Å².